The van der Waals surface area contributed by atoms with Gasteiger partial charge in [-0.25, -0.2) is 0 Å². The number of rotatable bonds is 1. The maximum Gasteiger partial charge on any atom is 0.0340 e. The Bertz CT molecular complexity index is 325. The molecule has 1 heteroatoms. The number of hydrogen-bond donors (Lipinski definition) is 0. The Morgan fingerprint density at radius 2 is 2.08 bits per heavy atom. The number of nitrogens with zero attached hydrogens (tertiary/aromatic N) is 1. The van der Waals surface area contributed by atoms with E-state index in [0.717, 1.165) is 10.4 Å². The molecular formula is C11H15N. The van der Waals surface area contributed by atoms with E-state index in [-0.39, 0.29) is 0 Å². The molecular weight excluding hydrogens is 146 g/mol. The summed E-state index contributed by atoms with van der Waals surface area (Å²) in [6.07, 6.45) is 7.12. The van der Waals surface area contributed by atoms with Crippen molar-refractivity contribution in [2.45, 2.75) is 13.8 Å². The molecule has 0 aliphatic heterocycles. The predicted molar refractivity (Wildman–Crippen MR) is 55.0 cm³/mol. The fraction of sp³-hybridized carbons (Fsp3) is 0.182. The predicted octanol–water partition coefficient (Wildman–Crippen LogP) is 1.48. The lowest BCUT2D eigenvalue weighted by Crippen LogP contribution is -2.22. The Morgan fingerprint density at radius 1 is 1.42 bits per heavy atom. The van der Waals surface area contributed by atoms with E-state index in [2.05, 4.69) is 18.1 Å². The molecule has 1 aromatic rings. The molecule has 1 heterocycles. The Kier molecular flexibility index (Phi) is 5.62. The van der Waals surface area contributed by atoms with Gasteiger partial charge < -0.3 is 0 Å². The zero-order chi connectivity index (χ0) is 9.40. The summed E-state index contributed by atoms with van der Waals surface area (Å²) in [6.45, 7) is 11.4. The van der Waals surface area contributed by atoms with Crippen molar-refractivity contribution in [1.82, 2.24) is 4.98 Å². The zero-order valence-electron chi connectivity index (χ0n) is 7.75. The first kappa shape index (κ1) is 10.6. The minimum atomic E-state index is 0.933. The Morgan fingerprint density at radius 3 is 2.58 bits per heavy atom. The van der Waals surface area contributed by atoms with Crippen LogP contribution in [0.4, 0.5) is 0 Å². The van der Waals surface area contributed by atoms with Crippen LogP contribution < -0.4 is 10.4 Å². The van der Waals surface area contributed by atoms with Crippen LogP contribution >= 0.6 is 0 Å². The first-order valence-electron chi connectivity index (χ1n) is 4.06. The number of hydrogen-bond acceptors (Lipinski definition) is 1. The van der Waals surface area contributed by atoms with Crippen molar-refractivity contribution < 1.29 is 0 Å². The van der Waals surface area contributed by atoms with E-state index in [1.54, 1.807) is 18.5 Å². The highest BCUT2D eigenvalue weighted by atomic mass is 14.6. The number of aromatic nitrogens is 1. The second-order valence-electron chi connectivity index (χ2n) is 1.98. The van der Waals surface area contributed by atoms with Gasteiger partial charge in [0, 0.05) is 12.4 Å². The van der Waals surface area contributed by atoms with Crippen molar-refractivity contribution in [2.24, 2.45) is 0 Å². The molecule has 0 saturated carbocycles. The lowest BCUT2D eigenvalue weighted by molar-refractivity contribution is 1.28. The Hall–Kier alpha value is -1.37. The average molecular weight is 161 g/mol. The minimum absolute atomic E-state index is 0.933. The summed E-state index contributed by atoms with van der Waals surface area (Å²) in [4.78, 5) is 3.91. The molecule has 0 unspecified atom stereocenters. The fourth-order valence-corrected chi connectivity index (χ4v) is 0.727. The lowest BCUT2D eigenvalue weighted by Gasteiger charge is -1.83. The quantitative estimate of drug-likeness (QED) is 0.608. The third-order valence-electron chi connectivity index (χ3n) is 1.24. The summed E-state index contributed by atoms with van der Waals surface area (Å²) < 4.78 is 0. The summed E-state index contributed by atoms with van der Waals surface area (Å²) in [5, 5.41) is 2.01. The monoisotopic (exact) mass is 161 g/mol. The molecule has 0 bridgehead atoms. The molecule has 0 aliphatic carbocycles. The summed E-state index contributed by atoms with van der Waals surface area (Å²) in [5.41, 5.74) is 0. The summed E-state index contributed by atoms with van der Waals surface area (Å²) in [7, 11) is 0. The van der Waals surface area contributed by atoms with E-state index in [1.807, 2.05) is 26.0 Å². The fourth-order valence-electron chi connectivity index (χ4n) is 0.727. The molecule has 12 heavy (non-hydrogen) atoms. The third kappa shape index (κ3) is 3.15. The lowest BCUT2D eigenvalue weighted by atomic mass is 10.3. The van der Waals surface area contributed by atoms with Gasteiger partial charge in [-0.05, 0) is 16.5 Å². The molecule has 1 aromatic heterocycles. The average Bonchev–Trinajstić information content (AvgIpc) is 2.13. The molecule has 0 atom stereocenters. The smallest absolute Gasteiger partial charge is 0.0340 e. The molecule has 64 valence electrons. The highest BCUT2D eigenvalue weighted by Crippen LogP contribution is 1.65. The molecule has 0 saturated heterocycles. The summed E-state index contributed by atoms with van der Waals surface area (Å²) >= 11 is 0. The van der Waals surface area contributed by atoms with Crippen LogP contribution in [0.1, 0.15) is 13.8 Å². The van der Waals surface area contributed by atoms with Gasteiger partial charge in [0.1, 0.15) is 0 Å². The van der Waals surface area contributed by atoms with Crippen LogP contribution in [0, 0.1) is 0 Å². The topological polar surface area (TPSA) is 12.9 Å². The highest BCUT2D eigenvalue weighted by molar-refractivity contribution is 5.35. The Labute approximate surface area is 73.8 Å². The largest absolute Gasteiger partial charge is 0.264 e. The Balaban J connectivity index is 0.000000561. The van der Waals surface area contributed by atoms with E-state index in [0.29, 0.717) is 0 Å². The van der Waals surface area contributed by atoms with Gasteiger partial charge in [-0.3, -0.25) is 4.98 Å². The second kappa shape index (κ2) is 6.35. The molecule has 0 aliphatic rings. The van der Waals surface area contributed by atoms with Crippen LogP contribution in [0.15, 0.2) is 31.1 Å². The second-order valence-corrected chi connectivity index (χ2v) is 1.98. The summed E-state index contributed by atoms with van der Waals surface area (Å²) in [5.74, 6) is 0. The van der Waals surface area contributed by atoms with E-state index < -0.39 is 0 Å². The molecule has 0 aromatic carbocycles. The molecule has 1 rings (SSSR count). The first-order chi connectivity index (χ1) is 5.84. The van der Waals surface area contributed by atoms with Crippen LogP contribution in [-0.2, 0) is 0 Å². The minimum Gasteiger partial charge on any atom is -0.264 e. The van der Waals surface area contributed by atoms with Crippen LogP contribution in [-0.4, -0.2) is 4.98 Å². The van der Waals surface area contributed by atoms with Gasteiger partial charge in [0.15, 0.2) is 0 Å². The van der Waals surface area contributed by atoms with E-state index in [4.69, 9.17) is 0 Å². The van der Waals surface area contributed by atoms with Crippen LogP contribution in [0.3, 0.4) is 0 Å². The van der Waals surface area contributed by atoms with Crippen molar-refractivity contribution in [3.63, 3.8) is 0 Å². The van der Waals surface area contributed by atoms with Gasteiger partial charge in [-0.15, -0.1) is 0 Å². The molecule has 0 N–H and O–H groups in total. The van der Waals surface area contributed by atoms with Crippen LogP contribution in [0.5, 0.6) is 0 Å². The molecule has 1 nitrogen and oxygen atoms in total. The van der Waals surface area contributed by atoms with Gasteiger partial charge >= 0.3 is 0 Å². The van der Waals surface area contributed by atoms with Gasteiger partial charge in [0.25, 0.3) is 0 Å². The van der Waals surface area contributed by atoms with E-state index in [9.17, 15) is 0 Å². The van der Waals surface area contributed by atoms with Crippen molar-refractivity contribution in [2.75, 3.05) is 0 Å². The molecule has 0 fully saturated rings. The molecule has 0 radical (unpaired) electrons. The van der Waals surface area contributed by atoms with E-state index in [1.165, 1.54) is 0 Å². The maximum absolute atomic E-state index is 3.91. The SMILES string of the molecule is C=C/C=c1/ccncc1=C.CC. The highest BCUT2D eigenvalue weighted by Gasteiger charge is 1.76. The maximum atomic E-state index is 3.91. The van der Waals surface area contributed by atoms with Gasteiger partial charge in [0.05, 0.1) is 0 Å². The normalized spacial score (nSPS) is 10.0. The first-order valence-corrected chi connectivity index (χ1v) is 4.06. The molecule has 0 amide bonds. The third-order valence-corrected chi connectivity index (χ3v) is 1.24. The van der Waals surface area contributed by atoms with Crippen molar-refractivity contribution in [1.29, 1.82) is 0 Å². The van der Waals surface area contributed by atoms with Crippen molar-refractivity contribution in [3.05, 3.63) is 41.6 Å². The molecule has 0 spiro atoms. The van der Waals surface area contributed by atoms with Gasteiger partial charge in [-0.2, -0.15) is 0 Å². The standard InChI is InChI=1S/C9H9N.C2H6/c1-3-4-9-5-6-10-7-8(9)2;1-2/h3-7H,1-2H2;1-2H3/b9-4-;. The van der Waals surface area contributed by atoms with Crippen molar-refractivity contribution >= 4 is 12.7 Å². The van der Waals surface area contributed by atoms with Crippen LogP contribution in [0.2, 0.25) is 0 Å². The summed E-state index contributed by atoms with van der Waals surface area (Å²) in [6, 6.07) is 1.91. The number of pyridine rings is 1. The van der Waals surface area contributed by atoms with Crippen molar-refractivity contribution in [3.8, 4) is 0 Å². The van der Waals surface area contributed by atoms with Gasteiger partial charge in [0.2, 0.25) is 0 Å². The van der Waals surface area contributed by atoms with Gasteiger partial charge in [-0.1, -0.05) is 39.2 Å². The number of allylic oxidation sites excluding steroid dienone is 1. The zero-order valence-corrected chi connectivity index (χ0v) is 7.75. The van der Waals surface area contributed by atoms with Crippen LogP contribution in [0.25, 0.3) is 12.7 Å². The van der Waals surface area contributed by atoms with E-state index >= 15 is 0 Å².